The highest BCUT2D eigenvalue weighted by Gasteiger charge is 2.72. The summed E-state index contributed by atoms with van der Waals surface area (Å²) in [5.41, 5.74) is 0.320. The summed E-state index contributed by atoms with van der Waals surface area (Å²) in [6.45, 7) is 1.36. The van der Waals surface area contributed by atoms with Crippen molar-refractivity contribution in [3.8, 4) is 6.07 Å². The number of nitrogens with zero attached hydrogens (tertiary/aromatic N) is 1. The molecule has 2 aromatic rings. The van der Waals surface area contributed by atoms with Crippen molar-refractivity contribution in [3.05, 3.63) is 64.7 Å². The highest BCUT2D eigenvalue weighted by molar-refractivity contribution is 7.92. The smallest absolute Gasteiger partial charge is 0.183 e. The molecular weight excluding hydrogens is 346 g/mol. The van der Waals surface area contributed by atoms with Crippen LogP contribution in [-0.2, 0) is 9.84 Å². The summed E-state index contributed by atoms with van der Waals surface area (Å²) in [6, 6.07) is 15.3. The number of sulfone groups is 1. The minimum absolute atomic E-state index is 0.169. The van der Waals surface area contributed by atoms with E-state index in [1.807, 2.05) is 13.0 Å². The molecule has 3 unspecified atom stereocenters. The van der Waals surface area contributed by atoms with Crippen LogP contribution >= 0.6 is 11.6 Å². The second kappa shape index (κ2) is 5.89. The molecule has 1 aliphatic carbocycles. The third kappa shape index (κ3) is 2.51. The number of benzene rings is 2. The molecule has 6 heteroatoms. The van der Waals surface area contributed by atoms with Gasteiger partial charge in [0.05, 0.1) is 22.8 Å². The second-order valence-electron chi connectivity index (χ2n) is 6.12. The molecule has 3 atom stereocenters. The first kappa shape index (κ1) is 17.0. The Hall–Kier alpha value is -1.87. The Morgan fingerprint density at radius 3 is 2.25 bits per heavy atom. The van der Waals surface area contributed by atoms with Crippen LogP contribution < -0.4 is 0 Å². The first-order chi connectivity index (χ1) is 11.4. The maximum absolute atomic E-state index is 13.0. The van der Waals surface area contributed by atoms with E-state index in [4.69, 9.17) is 11.6 Å². The van der Waals surface area contributed by atoms with Crippen LogP contribution in [0.1, 0.15) is 17.0 Å². The SMILES string of the molecule is Cc1ccc(S(=O)(=O)C2C(c3ccc(Cl)cc3)C2(C#N)CO)cc1. The van der Waals surface area contributed by atoms with Crippen LogP contribution in [0.25, 0.3) is 0 Å². The topological polar surface area (TPSA) is 78.2 Å². The van der Waals surface area contributed by atoms with Gasteiger partial charge in [-0.05, 0) is 36.8 Å². The molecule has 0 heterocycles. The highest BCUT2D eigenvalue weighted by atomic mass is 35.5. The van der Waals surface area contributed by atoms with E-state index in [2.05, 4.69) is 0 Å². The van der Waals surface area contributed by atoms with E-state index in [1.54, 1.807) is 48.5 Å². The predicted octanol–water partition coefficient (Wildman–Crippen LogP) is 3.09. The van der Waals surface area contributed by atoms with E-state index in [0.717, 1.165) is 5.56 Å². The van der Waals surface area contributed by atoms with Gasteiger partial charge < -0.3 is 5.11 Å². The summed E-state index contributed by atoms with van der Waals surface area (Å²) < 4.78 is 26.0. The zero-order valence-corrected chi connectivity index (χ0v) is 14.6. The van der Waals surface area contributed by atoms with Crippen LogP contribution in [0.5, 0.6) is 0 Å². The summed E-state index contributed by atoms with van der Waals surface area (Å²) in [6.07, 6.45) is 0. The molecule has 4 nitrogen and oxygen atoms in total. The van der Waals surface area contributed by atoms with Gasteiger partial charge in [-0.15, -0.1) is 0 Å². The third-order valence-corrected chi connectivity index (χ3v) is 7.18. The molecule has 1 saturated carbocycles. The Balaban J connectivity index is 2.06. The molecule has 0 aliphatic heterocycles. The van der Waals surface area contributed by atoms with Gasteiger partial charge >= 0.3 is 0 Å². The second-order valence-corrected chi connectivity index (χ2v) is 8.62. The van der Waals surface area contributed by atoms with Crippen LogP contribution in [0.3, 0.4) is 0 Å². The predicted molar refractivity (Wildman–Crippen MR) is 91.5 cm³/mol. The Morgan fingerprint density at radius 1 is 1.17 bits per heavy atom. The summed E-state index contributed by atoms with van der Waals surface area (Å²) in [7, 11) is -3.74. The molecule has 2 aromatic carbocycles. The molecular formula is C18H16ClNO3S. The van der Waals surface area contributed by atoms with Gasteiger partial charge in [0, 0.05) is 10.9 Å². The fourth-order valence-corrected chi connectivity index (χ4v) is 5.68. The molecule has 0 bridgehead atoms. The number of aryl methyl sites for hydroxylation is 1. The number of halogens is 1. The highest BCUT2D eigenvalue weighted by Crippen LogP contribution is 2.63. The lowest BCUT2D eigenvalue weighted by molar-refractivity contribution is 0.242. The van der Waals surface area contributed by atoms with Crippen molar-refractivity contribution in [2.24, 2.45) is 5.41 Å². The molecule has 0 spiro atoms. The minimum Gasteiger partial charge on any atom is -0.395 e. The van der Waals surface area contributed by atoms with Gasteiger partial charge in [0.1, 0.15) is 5.41 Å². The molecule has 0 saturated heterocycles. The van der Waals surface area contributed by atoms with Crippen LogP contribution in [-0.4, -0.2) is 25.4 Å². The summed E-state index contributed by atoms with van der Waals surface area (Å²) in [4.78, 5) is 0.169. The number of nitriles is 1. The van der Waals surface area contributed by atoms with E-state index in [9.17, 15) is 18.8 Å². The standard InChI is InChI=1S/C18H16ClNO3S/c1-12-2-8-15(9-3-12)24(22,23)17-16(18(17,10-20)11-21)13-4-6-14(19)7-5-13/h2-9,16-17,21H,11H2,1H3. The average Bonchev–Trinajstić information content (AvgIpc) is 3.26. The molecule has 1 fully saturated rings. The Labute approximate surface area is 146 Å². The molecule has 124 valence electrons. The lowest BCUT2D eigenvalue weighted by Crippen LogP contribution is -2.18. The monoisotopic (exact) mass is 361 g/mol. The molecule has 3 rings (SSSR count). The van der Waals surface area contributed by atoms with Gasteiger partial charge in [-0.2, -0.15) is 5.26 Å². The normalized spacial score (nSPS) is 25.9. The Morgan fingerprint density at radius 2 is 1.75 bits per heavy atom. The maximum Gasteiger partial charge on any atom is 0.183 e. The Bertz CT molecular complexity index is 901. The van der Waals surface area contributed by atoms with Crippen molar-refractivity contribution in [1.29, 1.82) is 5.26 Å². The first-order valence-corrected chi connectivity index (χ1v) is 9.37. The lowest BCUT2D eigenvalue weighted by atomic mass is 10.0. The number of hydrogen-bond acceptors (Lipinski definition) is 4. The van der Waals surface area contributed by atoms with Crippen LogP contribution in [0.15, 0.2) is 53.4 Å². The van der Waals surface area contributed by atoms with Gasteiger partial charge in [0.2, 0.25) is 0 Å². The van der Waals surface area contributed by atoms with Gasteiger partial charge in [0.15, 0.2) is 9.84 Å². The van der Waals surface area contributed by atoms with E-state index in [1.165, 1.54) is 0 Å². The summed E-state index contributed by atoms with van der Waals surface area (Å²) in [5, 5.41) is 18.9. The average molecular weight is 362 g/mol. The molecule has 1 aliphatic rings. The molecule has 0 radical (unpaired) electrons. The van der Waals surface area contributed by atoms with Crippen LogP contribution in [0, 0.1) is 23.7 Å². The number of aliphatic hydroxyl groups excluding tert-OH is 1. The van der Waals surface area contributed by atoms with Crippen molar-refractivity contribution in [2.75, 3.05) is 6.61 Å². The van der Waals surface area contributed by atoms with Gasteiger partial charge in [0.25, 0.3) is 0 Å². The maximum atomic E-state index is 13.0. The fourth-order valence-electron chi connectivity index (χ4n) is 3.23. The Kier molecular flexibility index (Phi) is 4.16. The van der Waals surface area contributed by atoms with E-state index < -0.39 is 33.0 Å². The summed E-state index contributed by atoms with van der Waals surface area (Å²) in [5.74, 6) is -0.573. The van der Waals surface area contributed by atoms with Crippen molar-refractivity contribution in [2.45, 2.75) is 23.0 Å². The molecule has 0 aromatic heterocycles. The van der Waals surface area contributed by atoms with Crippen LogP contribution in [0.2, 0.25) is 5.02 Å². The molecule has 24 heavy (non-hydrogen) atoms. The zero-order valence-electron chi connectivity index (χ0n) is 13.0. The van der Waals surface area contributed by atoms with Gasteiger partial charge in [-0.25, -0.2) is 8.42 Å². The minimum atomic E-state index is -3.74. The molecule has 0 amide bonds. The lowest BCUT2D eigenvalue weighted by Gasteiger charge is -2.06. The van der Waals surface area contributed by atoms with E-state index in [0.29, 0.717) is 10.6 Å². The number of hydrogen-bond donors (Lipinski definition) is 1. The van der Waals surface area contributed by atoms with E-state index >= 15 is 0 Å². The first-order valence-electron chi connectivity index (χ1n) is 7.45. The van der Waals surface area contributed by atoms with Crippen LogP contribution in [0.4, 0.5) is 0 Å². The van der Waals surface area contributed by atoms with E-state index in [-0.39, 0.29) is 4.90 Å². The quantitative estimate of drug-likeness (QED) is 0.907. The summed E-state index contributed by atoms with van der Waals surface area (Å²) >= 11 is 5.88. The van der Waals surface area contributed by atoms with Crippen molar-refractivity contribution in [3.63, 3.8) is 0 Å². The fraction of sp³-hybridized carbons (Fsp3) is 0.278. The number of rotatable bonds is 4. The molecule has 1 N–H and O–H groups in total. The van der Waals surface area contributed by atoms with Crippen molar-refractivity contribution >= 4 is 21.4 Å². The van der Waals surface area contributed by atoms with Gasteiger partial charge in [-0.3, -0.25) is 0 Å². The third-order valence-electron chi connectivity index (χ3n) is 4.64. The largest absolute Gasteiger partial charge is 0.395 e. The zero-order chi connectivity index (χ0) is 17.5. The van der Waals surface area contributed by atoms with Gasteiger partial charge in [-0.1, -0.05) is 41.4 Å². The van der Waals surface area contributed by atoms with Crippen molar-refractivity contribution < 1.29 is 13.5 Å². The van der Waals surface area contributed by atoms with Crippen molar-refractivity contribution in [1.82, 2.24) is 0 Å². The number of aliphatic hydroxyl groups is 1.